The molecule has 4 nitrogen and oxygen atoms in total. The van der Waals surface area contributed by atoms with Gasteiger partial charge in [-0.15, -0.1) is 0 Å². The maximum Gasteiger partial charge on any atom is 0.337 e. The summed E-state index contributed by atoms with van der Waals surface area (Å²) in [6.07, 6.45) is 0. The van der Waals surface area contributed by atoms with Gasteiger partial charge in [-0.05, 0) is 17.7 Å². The Morgan fingerprint density at radius 3 is 2.67 bits per heavy atom. The van der Waals surface area contributed by atoms with E-state index in [0.29, 0.717) is 23.7 Å². The van der Waals surface area contributed by atoms with Crippen LogP contribution in [0.25, 0.3) is 11.0 Å². The average Bonchev–Trinajstić information content (AvgIpc) is 2.95. The Labute approximate surface area is 121 Å². The third kappa shape index (κ3) is 2.89. The van der Waals surface area contributed by atoms with E-state index in [1.165, 1.54) is 7.11 Å². The van der Waals surface area contributed by atoms with Crippen LogP contribution in [0.4, 0.5) is 0 Å². The average molecular weight is 282 g/mol. The van der Waals surface area contributed by atoms with Crippen LogP contribution in [0.15, 0.2) is 59.0 Å². The van der Waals surface area contributed by atoms with E-state index < -0.39 is 0 Å². The van der Waals surface area contributed by atoms with Crippen molar-refractivity contribution >= 4 is 16.9 Å². The Morgan fingerprint density at radius 2 is 1.90 bits per heavy atom. The molecule has 0 N–H and O–H groups in total. The number of rotatable bonds is 4. The van der Waals surface area contributed by atoms with Gasteiger partial charge < -0.3 is 13.9 Å². The third-order valence-electron chi connectivity index (χ3n) is 3.14. The van der Waals surface area contributed by atoms with E-state index in [1.54, 1.807) is 24.3 Å². The highest BCUT2D eigenvalue weighted by Crippen LogP contribution is 2.26. The molecular weight excluding hydrogens is 268 g/mol. The summed E-state index contributed by atoms with van der Waals surface area (Å²) in [5, 5.41) is 0.880. The number of hydrogen-bond acceptors (Lipinski definition) is 4. The molecule has 0 bridgehead atoms. The van der Waals surface area contributed by atoms with Crippen LogP contribution in [0.5, 0.6) is 5.95 Å². The Hall–Kier alpha value is -2.75. The normalized spacial score (nSPS) is 10.5. The second-order valence-corrected chi connectivity index (χ2v) is 4.58. The lowest BCUT2D eigenvalue weighted by Crippen LogP contribution is -1.99. The number of esters is 1. The molecule has 0 amide bonds. The fourth-order valence-corrected chi connectivity index (χ4v) is 2.05. The van der Waals surface area contributed by atoms with Crippen molar-refractivity contribution in [3.8, 4) is 5.95 Å². The lowest BCUT2D eigenvalue weighted by molar-refractivity contribution is 0.0600. The van der Waals surface area contributed by atoms with Crippen molar-refractivity contribution in [1.29, 1.82) is 0 Å². The molecule has 3 aromatic rings. The summed E-state index contributed by atoms with van der Waals surface area (Å²) in [7, 11) is 1.35. The Kier molecular flexibility index (Phi) is 3.60. The van der Waals surface area contributed by atoms with Gasteiger partial charge in [-0.1, -0.05) is 36.4 Å². The van der Waals surface area contributed by atoms with Gasteiger partial charge in [0.05, 0.1) is 12.7 Å². The Bertz CT molecular complexity index is 759. The van der Waals surface area contributed by atoms with Gasteiger partial charge in [0.1, 0.15) is 12.2 Å². The predicted molar refractivity (Wildman–Crippen MR) is 78.3 cm³/mol. The van der Waals surface area contributed by atoms with Crippen molar-refractivity contribution in [2.24, 2.45) is 0 Å². The summed E-state index contributed by atoms with van der Waals surface area (Å²) in [5.41, 5.74) is 2.11. The molecule has 0 spiro atoms. The first-order valence-electron chi connectivity index (χ1n) is 6.55. The van der Waals surface area contributed by atoms with Crippen LogP contribution in [0.3, 0.4) is 0 Å². The number of ether oxygens (including phenoxy) is 2. The van der Waals surface area contributed by atoms with Crippen molar-refractivity contribution in [1.82, 2.24) is 0 Å². The van der Waals surface area contributed by atoms with Gasteiger partial charge in [0, 0.05) is 11.5 Å². The molecule has 0 fully saturated rings. The monoisotopic (exact) mass is 282 g/mol. The highest BCUT2D eigenvalue weighted by atomic mass is 16.6. The highest BCUT2D eigenvalue weighted by molar-refractivity contribution is 5.94. The van der Waals surface area contributed by atoms with E-state index in [4.69, 9.17) is 9.15 Å². The number of hydrogen-bond donors (Lipinski definition) is 0. The molecule has 4 heteroatoms. The summed E-state index contributed by atoms with van der Waals surface area (Å²) >= 11 is 0. The third-order valence-corrected chi connectivity index (χ3v) is 3.14. The van der Waals surface area contributed by atoms with Gasteiger partial charge >= 0.3 is 5.97 Å². The van der Waals surface area contributed by atoms with Crippen molar-refractivity contribution in [2.45, 2.75) is 6.61 Å². The van der Waals surface area contributed by atoms with Crippen molar-refractivity contribution in [3.63, 3.8) is 0 Å². The maximum atomic E-state index is 11.5. The molecule has 1 aromatic heterocycles. The minimum atomic E-state index is -0.389. The van der Waals surface area contributed by atoms with E-state index in [0.717, 1.165) is 10.9 Å². The van der Waals surface area contributed by atoms with Crippen LogP contribution < -0.4 is 4.74 Å². The van der Waals surface area contributed by atoms with E-state index >= 15 is 0 Å². The van der Waals surface area contributed by atoms with Crippen molar-refractivity contribution in [3.05, 3.63) is 65.7 Å². The van der Waals surface area contributed by atoms with E-state index in [-0.39, 0.29) is 5.97 Å². The first-order chi connectivity index (χ1) is 10.3. The molecule has 2 aromatic carbocycles. The lowest BCUT2D eigenvalue weighted by atomic mass is 10.2. The molecule has 0 aliphatic rings. The van der Waals surface area contributed by atoms with Crippen LogP contribution in [0, 0.1) is 0 Å². The molecule has 0 radical (unpaired) electrons. The van der Waals surface area contributed by atoms with E-state index in [9.17, 15) is 4.79 Å². The minimum absolute atomic E-state index is 0.389. The number of methoxy groups -OCH3 is 1. The van der Waals surface area contributed by atoms with Gasteiger partial charge in [-0.3, -0.25) is 0 Å². The molecular formula is C17H14O4. The number of furan rings is 1. The summed E-state index contributed by atoms with van der Waals surface area (Å²) in [4.78, 5) is 11.5. The topological polar surface area (TPSA) is 48.7 Å². The molecule has 0 unspecified atom stereocenters. The molecule has 0 saturated carbocycles. The number of fused-ring (bicyclic) bond motifs is 1. The SMILES string of the molecule is COC(=O)c1ccc2cc(OCc3ccccc3)oc2c1. The minimum Gasteiger partial charge on any atom is -0.465 e. The molecule has 0 atom stereocenters. The molecule has 0 aliphatic carbocycles. The summed E-state index contributed by atoms with van der Waals surface area (Å²) in [6, 6.07) is 16.8. The van der Waals surface area contributed by atoms with Crippen LogP contribution in [-0.4, -0.2) is 13.1 Å². The zero-order chi connectivity index (χ0) is 14.7. The van der Waals surface area contributed by atoms with Gasteiger partial charge in [0.2, 0.25) is 0 Å². The largest absolute Gasteiger partial charge is 0.465 e. The van der Waals surface area contributed by atoms with E-state index in [1.807, 2.05) is 30.3 Å². The first kappa shape index (κ1) is 13.2. The van der Waals surface area contributed by atoms with Gasteiger partial charge in [0.25, 0.3) is 5.95 Å². The second-order valence-electron chi connectivity index (χ2n) is 4.58. The Balaban J connectivity index is 1.79. The van der Waals surface area contributed by atoms with Crippen molar-refractivity contribution < 1.29 is 18.7 Å². The predicted octanol–water partition coefficient (Wildman–Crippen LogP) is 3.80. The van der Waals surface area contributed by atoms with Crippen LogP contribution in [-0.2, 0) is 11.3 Å². The van der Waals surface area contributed by atoms with Crippen LogP contribution in [0.2, 0.25) is 0 Å². The fraction of sp³-hybridized carbons (Fsp3) is 0.118. The second kappa shape index (κ2) is 5.71. The van der Waals surface area contributed by atoms with Gasteiger partial charge in [0.15, 0.2) is 0 Å². The molecule has 21 heavy (non-hydrogen) atoms. The molecule has 3 rings (SSSR count). The van der Waals surface area contributed by atoms with Gasteiger partial charge in [-0.2, -0.15) is 0 Å². The smallest absolute Gasteiger partial charge is 0.337 e. The van der Waals surface area contributed by atoms with E-state index in [2.05, 4.69) is 4.74 Å². The molecule has 106 valence electrons. The molecule has 1 heterocycles. The molecule has 0 aliphatic heterocycles. The standard InChI is InChI=1S/C17H14O4/c1-19-17(18)14-8-7-13-10-16(21-15(13)9-14)20-11-12-5-3-2-4-6-12/h2-10H,11H2,1H3. The Morgan fingerprint density at radius 1 is 1.10 bits per heavy atom. The number of benzene rings is 2. The number of carbonyl (C=O) groups excluding carboxylic acids is 1. The first-order valence-corrected chi connectivity index (χ1v) is 6.55. The van der Waals surface area contributed by atoms with Crippen LogP contribution in [0.1, 0.15) is 15.9 Å². The molecule has 0 saturated heterocycles. The quantitative estimate of drug-likeness (QED) is 0.683. The fourth-order valence-electron chi connectivity index (χ4n) is 2.05. The van der Waals surface area contributed by atoms with Crippen LogP contribution >= 0.6 is 0 Å². The van der Waals surface area contributed by atoms with Gasteiger partial charge in [-0.25, -0.2) is 4.79 Å². The summed E-state index contributed by atoms with van der Waals surface area (Å²) < 4.78 is 15.9. The number of carbonyl (C=O) groups is 1. The zero-order valence-electron chi connectivity index (χ0n) is 11.5. The summed E-state index contributed by atoms with van der Waals surface area (Å²) in [5.74, 6) is 0.0379. The van der Waals surface area contributed by atoms with Crippen molar-refractivity contribution in [2.75, 3.05) is 7.11 Å². The summed E-state index contributed by atoms with van der Waals surface area (Å²) in [6.45, 7) is 0.435. The zero-order valence-corrected chi connectivity index (χ0v) is 11.5. The lowest BCUT2D eigenvalue weighted by Gasteiger charge is -2.01. The maximum absolute atomic E-state index is 11.5. The highest BCUT2D eigenvalue weighted by Gasteiger charge is 2.10.